The second kappa shape index (κ2) is 9.18. The Morgan fingerprint density at radius 1 is 1.21 bits per heavy atom. The highest BCUT2D eigenvalue weighted by atomic mass is 19.1. The van der Waals surface area contributed by atoms with Gasteiger partial charge in [-0.1, -0.05) is 30.3 Å². The highest BCUT2D eigenvalue weighted by Gasteiger charge is 2.24. The summed E-state index contributed by atoms with van der Waals surface area (Å²) in [6, 6.07) is 12.7. The number of carbonyl (C=O) groups is 1. The van der Waals surface area contributed by atoms with E-state index in [2.05, 4.69) is 15.4 Å². The van der Waals surface area contributed by atoms with Crippen LogP contribution in [0.2, 0.25) is 0 Å². The van der Waals surface area contributed by atoms with Crippen LogP contribution < -0.4 is 5.43 Å². The first-order valence-electron chi connectivity index (χ1n) is 9.06. The number of nitrogens with one attached hydrogen (secondary N) is 1. The van der Waals surface area contributed by atoms with Crippen LogP contribution in [0.15, 0.2) is 53.6 Å². The SMILES string of the molecule is O=C(N/N=C/c1ccccc1F)C1CCN(Cc2ccc([N+](=O)[O-])cc2)CC1. The molecule has 0 aromatic heterocycles. The molecule has 1 amide bonds. The van der Waals surface area contributed by atoms with Gasteiger partial charge in [-0.05, 0) is 37.6 Å². The first-order chi connectivity index (χ1) is 13.5. The van der Waals surface area contributed by atoms with E-state index in [1.807, 2.05) is 0 Å². The number of nitro groups is 1. The molecule has 1 aliphatic rings. The smallest absolute Gasteiger partial charge is 0.269 e. The summed E-state index contributed by atoms with van der Waals surface area (Å²) in [5.41, 5.74) is 3.89. The van der Waals surface area contributed by atoms with E-state index in [9.17, 15) is 19.3 Å². The van der Waals surface area contributed by atoms with E-state index in [0.717, 1.165) is 18.7 Å². The van der Waals surface area contributed by atoms with Crippen molar-refractivity contribution in [2.75, 3.05) is 13.1 Å². The zero-order valence-electron chi connectivity index (χ0n) is 15.3. The number of nitrogens with zero attached hydrogens (tertiary/aromatic N) is 3. The van der Waals surface area contributed by atoms with Gasteiger partial charge in [0.25, 0.3) is 5.69 Å². The van der Waals surface area contributed by atoms with Gasteiger partial charge in [0, 0.05) is 30.2 Å². The Morgan fingerprint density at radius 2 is 1.89 bits per heavy atom. The molecule has 7 nitrogen and oxygen atoms in total. The van der Waals surface area contributed by atoms with Gasteiger partial charge in [0.15, 0.2) is 0 Å². The Balaban J connectivity index is 1.45. The van der Waals surface area contributed by atoms with Crippen LogP contribution in [0.25, 0.3) is 0 Å². The molecule has 2 aromatic carbocycles. The van der Waals surface area contributed by atoms with Crippen LogP contribution in [0.4, 0.5) is 10.1 Å². The summed E-state index contributed by atoms with van der Waals surface area (Å²) >= 11 is 0. The summed E-state index contributed by atoms with van der Waals surface area (Å²) in [6.07, 6.45) is 2.71. The third kappa shape index (κ3) is 5.20. The van der Waals surface area contributed by atoms with Crippen LogP contribution in [-0.2, 0) is 11.3 Å². The fourth-order valence-corrected chi connectivity index (χ4v) is 3.17. The molecule has 0 unspecified atom stereocenters. The number of hydrazone groups is 1. The van der Waals surface area contributed by atoms with Crippen molar-refractivity contribution < 1.29 is 14.1 Å². The average molecular weight is 384 g/mol. The Morgan fingerprint density at radius 3 is 2.54 bits per heavy atom. The highest BCUT2D eigenvalue weighted by molar-refractivity contribution is 5.83. The van der Waals surface area contributed by atoms with E-state index in [1.165, 1.54) is 24.4 Å². The molecular weight excluding hydrogens is 363 g/mol. The van der Waals surface area contributed by atoms with Gasteiger partial charge in [0.05, 0.1) is 11.1 Å². The minimum absolute atomic E-state index is 0.0788. The third-order valence-corrected chi connectivity index (χ3v) is 4.80. The van der Waals surface area contributed by atoms with E-state index in [0.29, 0.717) is 24.9 Å². The Kier molecular flexibility index (Phi) is 6.44. The number of hydrogen-bond donors (Lipinski definition) is 1. The fraction of sp³-hybridized carbons (Fsp3) is 0.300. The third-order valence-electron chi connectivity index (χ3n) is 4.80. The molecule has 8 heteroatoms. The molecule has 0 radical (unpaired) electrons. The second-order valence-electron chi connectivity index (χ2n) is 6.73. The maximum atomic E-state index is 13.5. The van der Waals surface area contributed by atoms with Crippen LogP contribution in [0, 0.1) is 21.8 Å². The van der Waals surface area contributed by atoms with Gasteiger partial charge in [-0.15, -0.1) is 0 Å². The predicted octanol–water partition coefficient (Wildman–Crippen LogP) is 3.10. The molecule has 1 saturated heterocycles. The number of non-ortho nitro benzene ring substituents is 1. The summed E-state index contributed by atoms with van der Waals surface area (Å²) in [7, 11) is 0. The van der Waals surface area contributed by atoms with Crippen LogP contribution in [0.5, 0.6) is 0 Å². The topological polar surface area (TPSA) is 87.8 Å². The molecule has 1 heterocycles. The average Bonchev–Trinajstić information content (AvgIpc) is 2.70. The molecule has 0 aliphatic carbocycles. The number of amides is 1. The number of hydrogen-bond acceptors (Lipinski definition) is 5. The highest BCUT2D eigenvalue weighted by Crippen LogP contribution is 2.20. The molecule has 1 aliphatic heterocycles. The molecule has 0 atom stereocenters. The molecule has 1 N–H and O–H groups in total. The molecule has 1 fully saturated rings. The molecular formula is C20H21FN4O3. The van der Waals surface area contributed by atoms with Crippen molar-refractivity contribution >= 4 is 17.8 Å². The van der Waals surface area contributed by atoms with Gasteiger partial charge >= 0.3 is 0 Å². The van der Waals surface area contributed by atoms with E-state index in [1.54, 1.807) is 30.3 Å². The summed E-state index contributed by atoms with van der Waals surface area (Å²) in [5, 5.41) is 14.6. The van der Waals surface area contributed by atoms with Gasteiger partial charge in [-0.3, -0.25) is 19.8 Å². The standard InChI is InChI=1S/C20H21FN4O3/c21-19-4-2-1-3-17(19)13-22-23-20(26)16-9-11-24(12-10-16)14-15-5-7-18(8-6-15)25(27)28/h1-8,13,16H,9-12,14H2,(H,23,26)/b22-13+. The van der Waals surface area contributed by atoms with E-state index < -0.39 is 4.92 Å². The van der Waals surface area contributed by atoms with Gasteiger partial charge in [0.1, 0.15) is 5.82 Å². The van der Waals surface area contributed by atoms with Crippen molar-refractivity contribution in [1.29, 1.82) is 0 Å². The van der Waals surface area contributed by atoms with E-state index in [-0.39, 0.29) is 23.3 Å². The lowest BCUT2D eigenvalue weighted by Gasteiger charge is -2.30. The number of halogens is 1. The van der Waals surface area contributed by atoms with Crippen molar-refractivity contribution in [1.82, 2.24) is 10.3 Å². The lowest BCUT2D eigenvalue weighted by Crippen LogP contribution is -2.39. The molecule has 2 aromatic rings. The summed E-state index contributed by atoms with van der Waals surface area (Å²) in [4.78, 5) is 24.7. The minimum atomic E-state index is -0.414. The first kappa shape index (κ1) is 19.6. The van der Waals surface area contributed by atoms with Gasteiger partial charge in [-0.25, -0.2) is 9.82 Å². The molecule has 0 saturated carbocycles. The monoisotopic (exact) mass is 384 g/mol. The Bertz CT molecular complexity index is 862. The number of piperidine rings is 1. The lowest BCUT2D eigenvalue weighted by atomic mass is 9.96. The number of rotatable bonds is 6. The van der Waals surface area contributed by atoms with Crippen LogP contribution in [-0.4, -0.2) is 35.0 Å². The summed E-state index contributed by atoms with van der Waals surface area (Å²) in [6.45, 7) is 2.20. The number of nitro benzene ring substituents is 1. The van der Waals surface area contributed by atoms with Gasteiger partial charge < -0.3 is 0 Å². The maximum Gasteiger partial charge on any atom is 0.269 e. The van der Waals surface area contributed by atoms with Crippen LogP contribution in [0.3, 0.4) is 0 Å². The number of likely N-dealkylation sites (tertiary alicyclic amines) is 1. The minimum Gasteiger partial charge on any atom is -0.299 e. The van der Waals surface area contributed by atoms with Gasteiger partial charge in [-0.2, -0.15) is 5.10 Å². The van der Waals surface area contributed by atoms with E-state index >= 15 is 0 Å². The summed E-state index contributed by atoms with van der Waals surface area (Å²) < 4.78 is 13.5. The fourth-order valence-electron chi connectivity index (χ4n) is 3.17. The van der Waals surface area contributed by atoms with Crippen molar-refractivity contribution in [3.63, 3.8) is 0 Å². The quantitative estimate of drug-likeness (QED) is 0.471. The normalized spacial score (nSPS) is 15.6. The lowest BCUT2D eigenvalue weighted by molar-refractivity contribution is -0.384. The number of carbonyl (C=O) groups excluding carboxylic acids is 1. The molecule has 0 spiro atoms. The van der Waals surface area contributed by atoms with Crippen molar-refractivity contribution in [2.45, 2.75) is 19.4 Å². The Labute approximate surface area is 162 Å². The van der Waals surface area contributed by atoms with Gasteiger partial charge in [0.2, 0.25) is 5.91 Å². The predicted molar refractivity (Wildman–Crippen MR) is 103 cm³/mol. The van der Waals surface area contributed by atoms with E-state index in [4.69, 9.17) is 0 Å². The Hall–Kier alpha value is -3.13. The number of benzene rings is 2. The molecule has 3 rings (SSSR count). The molecule has 28 heavy (non-hydrogen) atoms. The molecule has 0 bridgehead atoms. The molecule has 146 valence electrons. The van der Waals surface area contributed by atoms with Crippen LogP contribution >= 0.6 is 0 Å². The first-order valence-corrected chi connectivity index (χ1v) is 9.06. The summed E-state index contributed by atoms with van der Waals surface area (Å²) in [5.74, 6) is -0.687. The van der Waals surface area contributed by atoms with Crippen LogP contribution in [0.1, 0.15) is 24.0 Å². The van der Waals surface area contributed by atoms with Crippen molar-refractivity contribution in [3.8, 4) is 0 Å². The zero-order chi connectivity index (χ0) is 19.9. The zero-order valence-corrected chi connectivity index (χ0v) is 15.3. The largest absolute Gasteiger partial charge is 0.299 e. The van der Waals surface area contributed by atoms with Crippen molar-refractivity contribution in [3.05, 3.63) is 75.6 Å². The second-order valence-corrected chi connectivity index (χ2v) is 6.73. The van der Waals surface area contributed by atoms with Crippen molar-refractivity contribution in [2.24, 2.45) is 11.0 Å². The maximum absolute atomic E-state index is 13.5.